The van der Waals surface area contributed by atoms with Crippen LogP contribution in [-0.4, -0.2) is 37.0 Å². The van der Waals surface area contributed by atoms with E-state index < -0.39 is 10.0 Å². The molecule has 0 aromatic heterocycles. The van der Waals surface area contributed by atoms with E-state index >= 15 is 0 Å². The van der Waals surface area contributed by atoms with E-state index in [1.165, 1.54) is 10.4 Å². The zero-order valence-corrected chi connectivity index (χ0v) is 11.9. The second-order valence-corrected chi connectivity index (χ2v) is 6.70. The van der Waals surface area contributed by atoms with E-state index in [9.17, 15) is 13.5 Å². The van der Waals surface area contributed by atoms with E-state index in [4.69, 9.17) is 5.73 Å². The Morgan fingerprint density at radius 3 is 2.79 bits per heavy atom. The number of rotatable bonds is 4. The van der Waals surface area contributed by atoms with Crippen molar-refractivity contribution in [1.82, 2.24) is 4.31 Å². The number of aryl methyl sites for hydroxylation is 1. The van der Waals surface area contributed by atoms with Gasteiger partial charge in [-0.2, -0.15) is 4.31 Å². The third kappa shape index (κ3) is 2.61. The SMILES string of the molecule is CCc1ccc(S(=O)(=O)N2CCC[C@H]2CO)cc1N. The number of nitrogens with zero attached hydrogens (tertiary/aromatic N) is 1. The largest absolute Gasteiger partial charge is 0.398 e. The molecule has 0 bridgehead atoms. The van der Waals surface area contributed by atoms with E-state index in [-0.39, 0.29) is 17.5 Å². The molecule has 0 amide bonds. The number of hydrogen-bond acceptors (Lipinski definition) is 4. The monoisotopic (exact) mass is 284 g/mol. The number of hydrogen-bond donors (Lipinski definition) is 2. The lowest BCUT2D eigenvalue weighted by Crippen LogP contribution is -2.37. The van der Waals surface area contributed by atoms with Gasteiger partial charge in [-0.15, -0.1) is 0 Å². The first-order valence-corrected chi connectivity index (χ1v) is 7.95. The maximum atomic E-state index is 12.5. The van der Waals surface area contributed by atoms with Gasteiger partial charge in [-0.25, -0.2) is 8.42 Å². The summed E-state index contributed by atoms with van der Waals surface area (Å²) in [6.45, 7) is 2.30. The summed E-state index contributed by atoms with van der Waals surface area (Å²) in [6.07, 6.45) is 2.26. The summed E-state index contributed by atoms with van der Waals surface area (Å²) in [5.74, 6) is 0. The van der Waals surface area contributed by atoms with Crippen molar-refractivity contribution in [2.45, 2.75) is 37.1 Å². The molecule has 0 saturated carbocycles. The molecule has 1 aliphatic rings. The van der Waals surface area contributed by atoms with Crippen molar-refractivity contribution in [3.05, 3.63) is 23.8 Å². The van der Waals surface area contributed by atoms with Crippen LogP contribution in [0.2, 0.25) is 0 Å². The predicted molar refractivity (Wildman–Crippen MR) is 74.2 cm³/mol. The molecule has 0 spiro atoms. The fourth-order valence-corrected chi connectivity index (χ4v) is 4.22. The van der Waals surface area contributed by atoms with Gasteiger partial charge in [-0.05, 0) is 37.0 Å². The zero-order valence-electron chi connectivity index (χ0n) is 11.0. The topological polar surface area (TPSA) is 83.6 Å². The molecule has 0 aliphatic carbocycles. The number of aliphatic hydroxyl groups excluding tert-OH is 1. The van der Waals surface area contributed by atoms with Gasteiger partial charge in [0.1, 0.15) is 0 Å². The van der Waals surface area contributed by atoms with Crippen LogP contribution in [0.3, 0.4) is 0 Å². The van der Waals surface area contributed by atoms with E-state index in [2.05, 4.69) is 0 Å². The van der Waals surface area contributed by atoms with Crippen LogP contribution in [0.15, 0.2) is 23.1 Å². The molecule has 5 nitrogen and oxygen atoms in total. The highest BCUT2D eigenvalue weighted by Crippen LogP contribution is 2.27. The maximum Gasteiger partial charge on any atom is 0.243 e. The highest BCUT2D eigenvalue weighted by molar-refractivity contribution is 7.89. The first kappa shape index (κ1) is 14.3. The second-order valence-electron chi connectivity index (χ2n) is 4.81. The van der Waals surface area contributed by atoms with Crippen molar-refractivity contribution >= 4 is 15.7 Å². The highest BCUT2D eigenvalue weighted by Gasteiger charge is 2.34. The van der Waals surface area contributed by atoms with Crippen LogP contribution >= 0.6 is 0 Å². The van der Waals surface area contributed by atoms with Crippen LogP contribution in [0, 0.1) is 0 Å². The summed E-state index contributed by atoms with van der Waals surface area (Å²) >= 11 is 0. The lowest BCUT2D eigenvalue weighted by Gasteiger charge is -2.22. The molecular weight excluding hydrogens is 264 g/mol. The van der Waals surface area contributed by atoms with Crippen LogP contribution in [0.25, 0.3) is 0 Å². The van der Waals surface area contributed by atoms with Gasteiger partial charge in [-0.1, -0.05) is 13.0 Å². The highest BCUT2D eigenvalue weighted by atomic mass is 32.2. The summed E-state index contributed by atoms with van der Waals surface area (Å²) in [5, 5.41) is 9.25. The number of benzene rings is 1. The number of nitrogen functional groups attached to an aromatic ring is 1. The van der Waals surface area contributed by atoms with Crippen molar-refractivity contribution in [2.24, 2.45) is 0 Å². The molecule has 1 heterocycles. The third-order valence-electron chi connectivity index (χ3n) is 3.64. The quantitative estimate of drug-likeness (QED) is 0.807. The Bertz CT molecular complexity index is 557. The van der Waals surface area contributed by atoms with Crippen molar-refractivity contribution in [3.8, 4) is 0 Å². The average Bonchev–Trinajstić information content (AvgIpc) is 2.87. The van der Waals surface area contributed by atoms with Gasteiger partial charge >= 0.3 is 0 Å². The Morgan fingerprint density at radius 1 is 1.47 bits per heavy atom. The lowest BCUT2D eigenvalue weighted by molar-refractivity contribution is 0.213. The molecule has 0 unspecified atom stereocenters. The minimum Gasteiger partial charge on any atom is -0.398 e. The average molecular weight is 284 g/mol. The van der Waals surface area contributed by atoms with Gasteiger partial charge in [0.15, 0.2) is 0 Å². The summed E-state index contributed by atoms with van der Waals surface area (Å²) in [6, 6.07) is 4.56. The number of anilines is 1. The fourth-order valence-electron chi connectivity index (χ4n) is 2.50. The van der Waals surface area contributed by atoms with Gasteiger partial charge in [-0.3, -0.25) is 0 Å². The first-order chi connectivity index (χ1) is 9.00. The zero-order chi connectivity index (χ0) is 14.0. The number of nitrogens with two attached hydrogens (primary N) is 1. The first-order valence-electron chi connectivity index (χ1n) is 6.51. The number of aliphatic hydroxyl groups is 1. The number of sulfonamides is 1. The Morgan fingerprint density at radius 2 is 2.21 bits per heavy atom. The normalized spacial score (nSPS) is 20.8. The van der Waals surface area contributed by atoms with E-state index in [0.29, 0.717) is 18.7 Å². The van der Waals surface area contributed by atoms with Crippen LogP contribution in [-0.2, 0) is 16.4 Å². The molecule has 1 fully saturated rings. The second kappa shape index (κ2) is 5.48. The van der Waals surface area contributed by atoms with Gasteiger partial charge < -0.3 is 10.8 Å². The summed E-state index contributed by atoms with van der Waals surface area (Å²) in [5.41, 5.74) is 7.31. The van der Waals surface area contributed by atoms with Gasteiger partial charge in [0, 0.05) is 18.3 Å². The third-order valence-corrected chi connectivity index (χ3v) is 5.59. The molecule has 3 N–H and O–H groups in total. The van der Waals surface area contributed by atoms with Crippen molar-refractivity contribution in [3.63, 3.8) is 0 Å². The Balaban J connectivity index is 2.37. The van der Waals surface area contributed by atoms with E-state index in [1.54, 1.807) is 12.1 Å². The molecule has 106 valence electrons. The fraction of sp³-hybridized carbons (Fsp3) is 0.538. The van der Waals surface area contributed by atoms with Gasteiger partial charge in [0.25, 0.3) is 0 Å². The Labute approximate surface area is 114 Å². The molecule has 1 aromatic rings. The maximum absolute atomic E-state index is 12.5. The summed E-state index contributed by atoms with van der Waals surface area (Å²) < 4.78 is 26.4. The summed E-state index contributed by atoms with van der Waals surface area (Å²) in [4.78, 5) is 0.211. The molecule has 1 aromatic carbocycles. The van der Waals surface area contributed by atoms with Crippen LogP contribution < -0.4 is 5.73 Å². The van der Waals surface area contributed by atoms with Crippen molar-refractivity contribution in [1.29, 1.82) is 0 Å². The van der Waals surface area contributed by atoms with Crippen LogP contribution in [0.1, 0.15) is 25.3 Å². The molecule has 0 radical (unpaired) electrons. The molecule has 1 atom stereocenters. The van der Waals surface area contributed by atoms with E-state index in [0.717, 1.165) is 18.4 Å². The minimum absolute atomic E-state index is 0.137. The Kier molecular flexibility index (Phi) is 4.13. The van der Waals surface area contributed by atoms with Crippen molar-refractivity contribution < 1.29 is 13.5 Å². The van der Waals surface area contributed by atoms with E-state index in [1.807, 2.05) is 6.92 Å². The molecule has 2 rings (SSSR count). The van der Waals surface area contributed by atoms with Crippen LogP contribution in [0.4, 0.5) is 5.69 Å². The van der Waals surface area contributed by atoms with Crippen LogP contribution in [0.5, 0.6) is 0 Å². The lowest BCUT2D eigenvalue weighted by atomic mass is 10.1. The van der Waals surface area contributed by atoms with Gasteiger partial charge in [0.2, 0.25) is 10.0 Å². The summed E-state index contributed by atoms with van der Waals surface area (Å²) in [7, 11) is -3.55. The smallest absolute Gasteiger partial charge is 0.243 e. The van der Waals surface area contributed by atoms with Crippen molar-refractivity contribution in [2.75, 3.05) is 18.9 Å². The molecule has 1 aliphatic heterocycles. The minimum atomic E-state index is -3.55. The molecule has 19 heavy (non-hydrogen) atoms. The van der Waals surface area contributed by atoms with Gasteiger partial charge in [0.05, 0.1) is 11.5 Å². The molecule has 6 heteroatoms. The predicted octanol–water partition coefficient (Wildman–Crippen LogP) is 0.977. The molecular formula is C13H20N2O3S. The standard InChI is InChI=1S/C13H20N2O3S/c1-2-10-5-6-12(8-13(10)14)19(17,18)15-7-3-4-11(15)9-16/h5-6,8,11,16H,2-4,7,9,14H2,1H3/t11-/m0/s1. The Hall–Kier alpha value is -1.11. The molecule has 1 saturated heterocycles.